The summed E-state index contributed by atoms with van der Waals surface area (Å²) in [5.41, 5.74) is 2.41. The smallest absolute Gasteiger partial charge is 0.236 e. The lowest BCUT2D eigenvalue weighted by Gasteiger charge is -2.28. The maximum Gasteiger partial charge on any atom is 0.236 e. The Morgan fingerprint density at radius 1 is 1.12 bits per heavy atom. The van der Waals surface area contributed by atoms with E-state index in [1.807, 2.05) is 24.3 Å². The lowest BCUT2D eigenvalue weighted by atomic mass is 10.0. The lowest BCUT2D eigenvalue weighted by molar-refractivity contribution is -0.131. The molecule has 2 unspecified atom stereocenters. The molecule has 26 heavy (non-hydrogen) atoms. The molecule has 4 nitrogen and oxygen atoms in total. The van der Waals surface area contributed by atoms with Crippen LogP contribution in [-0.4, -0.2) is 36.8 Å². The Labute approximate surface area is 158 Å². The van der Waals surface area contributed by atoms with Gasteiger partial charge in [-0.1, -0.05) is 24.3 Å². The number of carbonyl (C=O) groups is 1. The monoisotopic (exact) mass is 369 g/mol. The zero-order valence-electron chi connectivity index (χ0n) is 15.1. The summed E-state index contributed by atoms with van der Waals surface area (Å²) in [6, 6.07) is 14.4. The molecule has 4 rings (SSSR count). The first-order valence-corrected chi connectivity index (χ1v) is 9.86. The minimum atomic E-state index is -0.00635. The highest BCUT2D eigenvalue weighted by molar-refractivity contribution is 8.01. The molecule has 136 valence electrons. The van der Waals surface area contributed by atoms with Gasteiger partial charge in [0.15, 0.2) is 11.5 Å². The van der Waals surface area contributed by atoms with Gasteiger partial charge in [-0.15, -0.1) is 11.8 Å². The van der Waals surface area contributed by atoms with Gasteiger partial charge in [-0.3, -0.25) is 4.79 Å². The third kappa shape index (κ3) is 3.05. The Kier molecular flexibility index (Phi) is 4.81. The predicted octanol–water partition coefficient (Wildman–Crippen LogP) is 4.08. The van der Waals surface area contributed by atoms with Crippen LogP contribution in [0.15, 0.2) is 47.4 Å². The molecule has 1 fully saturated rings. The molecule has 0 N–H and O–H groups in total. The van der Waals surface area contributed by atoms with Gasteiger partial charge in [0.25, 0.3) is 0 Å². The number of amides is 1. The van der Waals surface area contributed by atoms with Crippen molar-refractivity contribution in [2.24, 2.45) is 0 Å². The van der Waals surface area contributed by atoms with Crippen molar-refractivity contribution < 1.29 is 14.3 Å². The second-order valence-corrected chi connectivity index (χ2v) is 7.97. The Hall–Kier alpha value is -2.14. The van der Waals surface area contributed by atoms with Crippen LogP contribution in [0.4, 0.5) is 0 Å². The lowest BCUT2D eigenvalue weighted by Crippen LogP contribution is -2.37. The largest absolute Gasteiger partial charge is 0.493 e. The molecule has 0 aliphatic carbocycles. The second-order valence-electron chi connectivity index (χ2n) is 6.72. The van der Waals surface area contributed by atoms with Crippen LogP contribution in [0.25, 0.3) is 0 Å². The van der Waals surface area contributed by atoms with Crippen LogP contribution in [0, 0.1) is 0 Å². The van der Waals surface area contributed by atoms with E-state index in [4.69, 9.17) is 9.47 Å². The van der Waals surface area contributed by atoms with E-state index in [0.717, 1.165) is 31.4 Å². The maximum absolute atomic E-state index is 13.2. The van der Waals surface area contributed by atoms with Gasteiger partial charge in [-0.25, -0.2) is 0 Å². The predicted molar refractivity (Wildman–Crippen MR) is 103 cm³/mol. The summed E-state index contributed by atoms with van der Waals surface area (Å²) in [6.45, 7) is 0.825. The number of hydrogen-bond donors (Lipinski definition) is 0. The van der Waals surface area contributed by atoms with Crippen LogP contribution in [0.3, 0.4) is 0 Å². The number of likely N-dealkylation sites (tertiary alicyclic amines) is 1. The zero-order valence-corrected chi connectivity index (χ0v) is 15.9. The minimum Gasteiger partial charge on any atom is -0.493 e. The molecule has 5 heteroatoms. The summed E-state index contributed by atoms with van der Waals surface area (Å²) in [5, 5.41) is -0.00635. The molecule has 2 atom stereocenters. The van der Waals surface area contributed by atoms with Crippen LogP contribution in [0.5, 0.6) is 11.5 Å². The van der Waals surface area contributed by atoms with Crippen LogP contribution in [0.2, 0.25) is 0 Å². The van der Waals surface area contributed by atoms with Crippen molar-refractivity contribution in [1.29, 1.82) is 0 Å². The third-order valence-corrected chi connectivity index (χ3v) is 6.56. The van der Waals surface area contributed by atoms with Gasteiger partial charge in [-0.05, 0) is 48.6 Å². The second kappa shape index (κ2) is 7.23. The van der Waals surface area contributed by atoms with Gasteiger partial charge in [0.2, 0.25) is 5.91 Å². The van der Waals surface area contributed by atoms with Gasteiger partial charge in [-0.2, -0.15) is 0 Å². The topological polar surface area (TPSA) is 38.8 Å². The molecule has 1 saturated heterocycles. The molecule has 2 aromatic rings. The number of fused-ring (bicyclic) bond motifs is 1. The summed E-state index contributed by atoms with van der Waals surface area (Å²) in [5.74, 6) is 1.68. The number of nitrogens with zero attached hydrogens (tertiary/aromatic N) is 1. The molecule has 0 saturated carbocycles. The van der Waals surface area contributed by atoms with Gasteiger partial charge in [0.1, 0.15) is 0 Å². The standard InChI is InChI=1S/C21H23NO3S/c1-24-17-10-9-14(12-18(17)25-2)16-7-5-11-22(16)21(23)20-13-15-6-3-4-8-19(15)26-20/h3-4,6,8-10,12,16,20H,5,7,11,13H2,1-2H3. The Morgan fingerprint density at radius 2 is 1.92 bits per heavy atom. The quantitative estimate of drug-likeness (QED) is 0.814. The van der Waals surface area contributed by atoms with Crippen molar-refractivity contribution in [3.05, 3.63) is 53.6 Å². The molecule has 2 aliphatic heterocycles. The Balaban J connectivity index is 1.55. The van der Waals surface area contributed by atoms with E-state index < -0.39 is 0 Å². The highest BCUT2D eigenvalue weighted by Gasteiger charge is 2.37. The van der Waals surface area contributed by atoms with E-state index >= 15 is 0 Å². The molecule has 0 bridgehead atoms. The maximum atomic E-state index is 13.2. The summed E-state index contributed by atoms with van der Waals surface area (Å²) < 4.78 is 10.8. The fourth-order valence-corrected chi connectivity index (χ4v) is 5.21. The van der Waals surface area contributed by atoms with Crippen molar-refractivity contribution in [2.45, 2.75) is 35.4 Å². The molecule has 2 aliphatic rings. The molecule has 2 heterocycles. The number of benzene rings is 2. The molecular weight excluding hydrogens is 346 g/mol. The minimum absolute atomic E-state index is 0.00635. The van der Waals surface area contributed by atoms with Gasteiger partial charge < -0.3 is 14.4 Å². The van der Waals surface area contributed by atoms with Crippen LogP contribution < -0.4 is 9.47 Å². The van der Waals surface area contributed by atoms with E-state index in [1.54, 1.807) is 26.0 Å². The SMILES string of the molecule is COc1ccc(C2CCCN2C(=O)C2Cc3ccccc3S2)cc1OC. The first-order valence-electron chi connectivity index (χ1n) is 8.98. The van der Waals surface area contributed by atoms with E-state index in [2.05, 4.69) is 23.1 Å². The summed E-state index contributed by atoms with van der Waals surface area (Å²) in [6.07, 6.45) is 2.86. The number of carbonyl (C=O) groups excluding carboxylic acids is 1. The number of thioether (sulfide) groups is 1. The zero-order chi connectivity index (χ0) is 18.1. The highest BCUT2D eigenvalue weighted by Crippen LogP contribution is 2.42. The van der Waals surface area contributed by atoms with Crippen LogP contribution in [0.1, 0.15) is 30.0 Å². The molecule has 1 amide bonds. The van der Waals surface area contributed by atoms with Gasteiger partial charge >= 0.3 is 0 Å². The third-order valence-electron chi connectivity index (χ3n) is 5.25. The van der Waals surface area contributed by atoms with E-state index in [1.165, 1.54) is 10.5 Å². The first kappa shape index (κ1) is 17.3. The van der Waals surface area contributed by atoms with Gasteiger partial charge in [0.05, 0.1) is 25.5 Å². The molecule has 0 aromatic heterocycles. The normalized spacial score (nSPS) is 21.5. The van der Waals surface area contributed by atoms with Gasteiger partial charge in [0, 0.05) is 11.4 Å². The van der Waals surface area contributed by atoms with Crippen molar-refractivity contribution >= 4 is 17.7 Å². The molecular formula is C21H23NO3S. The Bertz CT molecular complexity index is 798. The number of ether oxygens (including phenoxy) is 2. The highest BCUT2D eigenvalue weighted by atomic mass is 32.2. The number of hydrogen-bond acceptors (Lipinski definition) is 4. The van der Waals surface area contributed by atoms with Crippen molar-refractivity contribution in [3.63, 3.8) is 0 Å². The Morgan fingerprint density at radius 3 is 2.69 bits per heavy atom. The van der Waals surface area contributed by atoms with E-state index in [0.29, 0.717) is 11.5 Å². The fraction of sp³-hybridized carbons (Fsp3) is 0.381. The van der Waals surface area contributed by atoms with Crippen LogP contribution >= 0.6 is 11.8 Å². The average molecular weight is 369 g/mol. The number of methoxy groups -OCH3 is 2. The number of rotatable bonds is 4. The summed E-state index contributed by atoms with van der Waals surface area (Å²) in [4.78, 5) is 16.5. The van der Waals surface area contributed by atoms with E-state index in [-0.39, 0.29) is 17.2 Å². The first-order chi connectivity index (χ1) is 12.7. The summed E-state index contributed by atoms with van der Waals surface area (Å²) >= 11 is 1.71. The fourth-order valence-electron chi connectivity index (χ4n) is 3.94. The van der Waals surface area contributed by atoms with Crippen molar-refractivity contribution in [1.82, 2.24) is 4.90 Å². The van der Waals surface area contributed by atoms with Crippen molar-refractivity contribution in [2.75, 3.05) is 20.8 Å². The molecule has 0 spiro atoms. The average Bonchev–Trinajstić information content (AvgIpc) is 3.33. The summed E-state index contributed by atoms with van der Waals surface area (Å²) in [7, 11) is 3.28. The van der Waals surface area contributed by atoms with E-state index in [9.17, 15) is 4.79 Å². The molecule has 2 aromatic carbocycles. The van der Waals surface area contributed by atoms with Crippen LogP contribution in [-0.2, 0) is 11.2 Å². The van der Waals surface area contributed by atoms with Crippen molar-refractivity contribution in [3.8, 4) is 11.5 Å². The molecule has 0 radical (unpaired) electrons.